The van der Waals surface area contributed by atoms with Crippen LogP contribution in [0.4, 0.5) is 0 Å². The van der Waals surface area contributed by atoms with Crippen molar-refractivity contribution >= 4 is 26.5 Å². The van der Waals surface area contributed by atoms with Gasteiger partial charge in [-0.15, -0.1) is 0 Å². The van der Waals surface area contributed by atoms with Crippen molar-refractivity contribution in [3.8, 4) is 17.2 Å². The Morgan fingerprint density at radius 3 is 0.934 bits per heavy atom. The summed E-state index contributed by atoms with van der Waals surface area (Å²) >= 11 is 0. The average Bonchev–Trinajstić information content (AvgIpc) is 3.13. The zero-order chi connectivity index (χ0) is 45.6. The van der Waals surface area contributed by atoms with Crippen molar-refractivity contribution in [3.05, 3.63) is 149 Å². The summed E-state index contributed by atoms with van der Waals surface area (Å²) in [5.74, 6) is 1.83. The van der Waals surface area contributed by atoms with Crippen LogP contribution in [-0.4, -0.2) is 4.89 Å². The first-order chi connectivity index (χ1) is 27.8. The summed E-state index contributed by atoms with van der Waals surface area (Å²) < 4.78 is 29.9. The van der Waals surface area contributed by atoms with Crippen LogP contribution in [0.2, 0.25) is 0 Å². The Morgan fingerprint density at radius 2 is 0.639 bits per heavy atom. The van der Waals surface area contributed by atoms with E-state index in [9.17, 15) is 4.89 Å². The van der Waals surface area contributed by atoms with E-state index in [0.717, 1.165) is 16.7 Å². The number of hydrogen-bond donors (Lipinski definition) is 1. The Balaban J connectivity index is 1.89. The van der Waals surface area contributed by atoms with Gasteiger partial charge in [0.2, 0.25) is 0 Å². The van der Waals surface area contributed by atoms with Crippen molar-refractivity contribution < 1.29 is 22.8 Å². The molecule has 5 aromatic rings. The molecule has 0 bridgehead atoms. The van der Waals surface area contributed by atoms with Crippen LogP contribution in [0, 0.1) is 0 Å². The molecule has 1 N–H and O–H groups in total. The van der Waals surface area contributed by atoms with E-state index >= 15 is 0 Å². The van der Waals surface area contributed by atoms with Crippen molar-refractivity contribution in [1.82, 2.24) is 0 Å². The standard InChI is InChI=1S/C54H76O5P2/c1-49(2,3)38-29-32-46(43(35-38)52(10,11)12)56-60(55,41-25-21-19-22-26-41)59-61(42-27-23-20-24-28-42,57-47-33-30-39(50(4,5)6)36-44(47)53(13,14)15)58-48-34-31-40(51(7,8)9)37-45(48)54(16,17)18/h19-37,55,60-61H,1-18H3. The molecule has 0 saturated carbocycles. The number of benzene rings is 5. The molecule has 0 aliphatic heterocycles. The van der Waals surface area contributed by atoms with E-state index in [1.807, 2.05) is 66.7 Å². The molecular weight excluding hydrogens is 791 g/mol. The molecule has 7 heteroatoms. The molecule has 5 nitrogen and oxygen atoms in total. The Labute approximate surface area is 370 Å². The molecule has 0 radical (unpaired) electrons. The fourth-order valence-electron chi connectivity index (χ4n) is 7.30. The molecule has 0 amide bonds. The van der Waals surface area contributed by atoms with Gasteiger partial charge in [-0.3, -0.25) is 0 Å². The van der Waals surface area contributed by atoms with Gasteiger partial charge in [-0.25, -0.2) is 0 Å². The molecule has 0 unspecified atom stereocenters. The first kappa shape index (κ1) is 48.3. The second-order valence-electron chi connectivity index (χ2n) is 22.9. The Kier molecular flexibility index (Phi) is 13.5. The summed E-state index contributed by atoms with van der Waals surface area (Å²) in [5.41, 5.74) is 5.30. The van der Waals surface area contributed by atoms with E-state index in [1.165, 1.54) is 16.7 Å². The van der Waals surface area contributed by atoms with Crippen LogP contribution in [-0.2, 0) is 36.8 Å². The molecule has 0 atom stereocenters. The first-order valence-corrected chi connectivity index (χ1v) is 25.4. The molecule has 0 fully saturated rings. The predicted molar refractivity (Wildman–Crippen MR) is 265 cm³/mol. The first-order valence-electron chi connectivity index (χ1n) is 21.9. The predicted octanol–water partition coefficient (Wildman–Crippen LogP) is 14.7. The molecule has 0 aromatic heterocycles. The molecular formula is C54H76O5P2. The quantitative estimate of drug-likeness (QED) is 0.142. The maximum atomic E-state index is 13.6. The zero-order valence-corrected chi connectivity index (χ0v) is 42.5. The van der Waals surface area contributed by atoms with Crippen molar-refractivity contribution in [1.29, 1.82) is 0 Å². The summed E-state index contributed by atoms with van der Waals surface area (Å²) in [7, 11) is -8.95. The molecule has 0 saturated heterocycles. The van der Waals surface area contributed by atoms with Crippen molar-refractivity contribution in [2.24, 2.45) is 0 Å². The van der Waals surface area contributed by atoms with E-state index in [2.05, 4.69) is 173 Å². The topological polar surface area (TPSA) is 57.2 Å². The fraction of sp³-hybridized carbons (Fsp3) is 0.444. The van der Waals surface area contributed by atoms with Gasteiger partial charge in [-0.1, -0.05) is 0 Å². The van der Waals surface area contributed by atoms with Gasteiger partial charge in [0, 0.05) is 0 Å². The van der Waals surface area contributed by atoms with Crippen molar-refractivity contribution in [2.75, 3.05) is 0 Å². The summed E-state index contributed by atoms with van der Waals surface area (Å²) in [4.78, 5) is 13.6. The third kappa shape index (κ3) is 11.5. The molecule has 0 aliphatic rings. The van der Waals surface area contributed by atoms with Crippen LogP contribution in [0.5, 0.6) is 17.2 Å². The average molecular weight is 867 g/mol. The normalized spacial score (nSPS) is 14.1. The molecule has 0 aliphatic carbocycles. The van der Waals surface area contributed by atoms with Gasteiger partial charge in [-0.05, 0) is 0 Å². The Bertz CT molecular complexity index is 2200. The van der Waals surface area contributed by atoms with Crippen LogP contribution in [0.1, 0.15) is 158 Å². The molecule has 0 spiro atoms. The van der Waals surface area contributed by atoms with Gasteiger partial charge < -0.3 is 0 Å². The van der Waals surface area contributed by atoms with Crippen molar-refractivity contribution in [2.45, 2.75) is 157 Å². The van der Waals surface area contributed by atoms with Gasteiger partial charge in [-0.2, -0.15) is 0 Å². The van der Waals surface area contributed by atoms with E-state index in [0.29, 0.717) is 27.9 Å². The van der Waals surface area contributed by atoms with Gasteiger partial charge in [0.05, 0.1) is 0 Å². The van der Waals surface area contributed by atoms with Crippen molar-refractivity contribution in [3.63, 3.8) is 0 Å². The summed E-state index contributed by atoms with van der Waals surface area (Å²) in [6, 6.07) is 38.6. The van der Waals surface area contributed by atoms with E-state index in [-0.39, 0.29) is 32.5 Å². The second kappa shape index (κ2) is 17.1. The van der Waals surface area contributed by atoms with E-state index in [4.69, 9.17) is 17.9 Å². The summed E-state index contributed by atoms with van der Waals surface area (Å²) in [6.45, 7) is 39.7. The van der Waals surface area contributed by atoms with Crippen LogP contribution in [0.3, 0.4) is 0 Å². The van der Waals surface area contributed by atoms with Crippen LogP contribution in [0.25, 0.3) is 0 Å². The molecule has 61 heavy (non-hydrogen) atoms. The van der Waals surface area contributed by atoms with Gasteiger partial charge in [0.25, 0.3) is 0 Å². The molecule has 5 rings (SSSR count). The minimum atomic E-state index is -4.56. The number of rotatable bonds is 10. The van der Waals surface area contributed by atoms with Crippen LogP contribution >= 0.6 is 15.9 Å². The van der Waals surface area contributed by atoms with E-state index in [1.54, 1.807) is 0 Å². The third-order valence-corrected chi connectivity index (χ3v) is 17.0. The van der Waals surface area contributed by atoms with Crippen LogP contribution in [0.15, 0.2) is 115 Å². The van der Waals surface area contributed by atoms with Gasteiger partial charge in [0.1, 0.15) is 0 Å². The SMILES string of the molecule is CC(C)(C)c1ccc(O[PH](O)(O[PH](Oc2ccc(C(C)(C)C)cc2C(C)(C)C)(Oc2ccc(C(C)(C)C)cc2C(C)(C)C)c2ccccc2)c2ccccc2)c(C(C)(C)C)c1. The third-order valence-electron chi connectivity index (χ3n) is 11.2. The molecule has 0 heterocycles. The van der Waals surface area contributed by atoms with Crippen LogP contribution < -0.4 is 24.2 Å². The summed E-state index contributed by atoms with van der Waals surface area (Å²) in [6.07, 6.45) is 0. The Hall–Kier alpha value is -3.72. The maximum absolute atomic E-state index is 13.6. The fourth-order valence-corrected chi connectivity index (χ4v) is 13.2. The number of hydrogen-bond acceptors (Lipinski definition) is 5. The zero-order valence-electron chi connectivity index (χ0n) is 40.5. The van der Waals surface area contributed by atoms with Gasteiger partial charge >= 0.3 is 372 Å². The molecule has 5 aromatic carbocycles. The minimum absolute atomic E-state index is 0.0974. The second-order valence-corrected chi connectivity index (χ2v) is 27.8. The monoisotopic (exact) mass is 867 g/mol. The van der Waals surface area contributed by atoms with Gasteiger partial charge in [0.15, 0.2) is 0 Å². The summed E-state index contributed by atoms with van der Waals surface area (Å²) in [5, 5.41) is 1.23. The van der Waals surface area contributed by atoms with E-state index < -0.39 is 15.9 Å². The molecule has 332 valence electrons. The Morgan fingerprint density at radius 1 is 0.344 bits per heavy atom.